The van der Waals surface area contributed by atoms with Crippen LogP contribution >= 0.6 is 0 Å². The second-order valence-corrected chi connectivity index (χ2v) is 6.11. The van der Waals surface area contributed by atoms with E-state index in [-0.39, 0.29) is 18.6 Å². The topological polar surface area (TPSA) is 68.8 Å². The Morgan fingerprint density at radius 2 is 1.92 bits per heavy atom. The zero-order valence-corrected chi connectivity index (χ0v) is 14.9. The average Bonchev–Trinajstić information content (AvgIpc) is 3.19. The van der Waals surface area contributed by atoms with Gasteiger partial charge < -0.3 is 24.8 Å². The number of hydrogen-bond acceptors (Lipinski definition) is 5. The fraction of sp³-hybridized carbons (Fsp3) is 0.350. The number of nitrogens with one attached hydrogen (secondary N) is 2. The van der Waals surface area contributed by atoms with Gasteiger partial charge in [0.15, 0.2) is 0 Å². The van der Waals surface area contributed by atoms with E-state index in [1.165, 1.54) is 0 Å². The molecule has 1 unspecified atom stereocenters. The van der Waals surface area contributed by atoms with Crippen molar-refractivity contribution in [3.8, 4) is 11.5 Å². The minimum Gasteiger partial charge on any atom is -0.497 e. The fourth-order valence-corrected chi connectivity index (χ4v) is 2.75. The minimum absolute atomic E-state index is 0.135. The van der Waals surface area contributed by atoms with E-state index in [1.807, 2.05) is 48.5 Å². The molecule has 2 aromatic carbocycles. The lowest BCUT2D eigenvalue weighted by atomic mass is 10.2. The Morgan fingerprint density at radius 1 is 1.15 bits per heavy atom. The van der Waals surface area contributed by atoms with Crippen molar-refractivity contribution in [3.63, 3.8) is 0 Å². The fourth-order valence-electron chi connectivity index (χ4n) is 2.75. The van der Waals surface area contributed by atoms with Crippen molar-refractivity contribution in [2.75, 3.05) is 37.5 Å². The molecule has 1 atom stereocenters. The van der Waals surface area contributed by atoms with Crippen LogP contribution in [0.3, 0.4) is 0 Å². The van der Waals surface area contributed by atoms with Gasteiger partial charge in [-0.25, -0.2) is 0 Å². The number of ether oxygens (including phenoxy) is 3. The summed E-state index contributed by atoms with van der Waals surface area (Å²) in [6.07, 6.45) is 2.29. The van der Waals surface area contributed by atoms with Crippen molar-refractivity contribution in [2.24, 2.45) is 0 Å². The largest absolute Gasteiger partial charge is 0.497 e. The molecule has 0 bridgehead atoms. The highest BCUT2D eigenvalue weighted by Crippen LogP contribution is 2.20. The van der Waals surface area contributed by atoms with Crippen molar-refractivity contribution >= 4 is 17.3 Å². The molecule has 138 valence electrons. The van der Waals surface area contributed by atoms with Crippen LogP contribution in [-0.4, -0.2) is 38.9 Å². The van der Waals surface area contributed by atoms with Gasteiger partial charge in [0.05, 0.1) is 19.8 Å². The molecule has 26 heavy (non-hydrogen) atoms. The molecule has 0 radical (unpaired) electrons. The molecule has 1 amide bonds. The molecule has 0 saturated carbocycles. The maximum atomic E-state index is 12.2. The quantitative estimate of drug-likeness (QED) is 0.759. The van der Waals surface area contributed by atoms with Gasteiger partial charge in [-0.1, -0.05) is 12.1 Å². The Morgan fingerprint density at radius 3 is 2.69 bits per heavy atom. The van der Waals surface area contributed by atoms with Crippen molar-refractivity contribution in [1.29, 1.82) is 0 Å². The number of benzene rings is 2. The number of carbonyl (C=O) groups is 1. The first kappa shape index (κ1) is 18.1. The van der Waals surface area contributed by atoms with E-state index in [9.17, 15) is 4.79 Å². The Bertz CT molecular complexity index is 729. The second kappa shape index (κ2) is 9.10. The highest BCUT2D eigenvalue weighted by atomic mass is 16.5. The summed E-state index contributed by atoms with van der Waals surface area (Å²) in [6, 6.07) is 14.8. The number of carbonyl (C=O) groups excluding carboxylic acids is 1. The van der Waals surface area contributed by atoms with Gasteiger partial charge in [-0.15, -0.1) is 0 Å². The zero-order valence-electron chi connectivity index (χ0n) is 14.9. The summed E-state index contributed by atoms with van der Waals surface area (Å²) in [4.78, 5) is 12.2. The van der Waals surface area contributed by atoms with Crippen LogP contribution in [0.25, 0.3) is 0 Å². The third-order valence-electron chi connectivity index (χ3n) is 4.10. The first-order valence-corrected chi connectivity index (χ1v) is 8.75. The van der Waals surface area contributed by atoms with Crippen LogP contribution in [0, 0.1) is 0 Å². The molecule has 2 aromatic rings. The maximum absolute atomic E-state index is 12.2. The first-order valence-electron chi connectivity index (χ1n) is 8.75. The van der Waals surface area contributed by atoms with E-state index in [4.69, 9.17) is 14.2 Å². The molecule has 2 N–H and O–H groups in total. The van der Waals surface area contributed by atoms with Gasteiger partial charge in [0.2, 0.25) is 5.91 Å². The Balaban J connectivity index is 1.48. The summed E-state index contributed by atoms with van der Waals surface area (Å²) in [5, 5.41) is 5.94. The molecule has 6 heteroatoms. The maximum Gasteiger partial charge on any atom is 0.243 e. The Hall–Kier alpha value is -2.73. The lowest BCUT2D eigenvalue weighted by molar-refractivity contribution is -0.114. The van der Waals surface area contributed by atoms with E-state index in [1.54, 1.807) is 7.11 Å². The number of rotatable bonds is 8. The first-order chi connectivity index (χ1) is 12.7. The molecular formula is C20H24N2O4. The van der Waals surface area contributed by atoms with Crippen LogP contribution in [-0.2, 0) is 9.53 Å². The van der Waals surface area contributed by atoms with Gasteiger partial charge in [-0.2, -0.15) is 0 Å². The second-order valence-electron chi connectivity index (χ2n) is 6.11. The predicted molar refractivity (Wildman–Crippen MR) is 101 cm³/mol. The summed E-state index contributed by atoms with van der Waals surface area (Å²) in [5.74, 6) is 1.33. The molecular weight excluding hydrogens is 332 g/mol. The summed E-state index contributed by atoms with van der Waals surface area (Å²) in [7, 11) is 1.61. The third kappa shape index (κ3) is 5.39. The molecule has 6 nitrogen and oxygen atoms in total. The van der Waals surface area contributed by atoms with E-state index in [0.29, 0.717) is 12.3 Å². The lowest BCUT2D eigenvalue weighted by Gasteiger charge is -2.13. The summed E-state index contributed by atoms with van der Waals surface area (Å²) < 4.78 is 16.5. The van der Waals surface area contributed by atoms with Gasteiger partial charge in [-0.3, -0.25) is 4.79 Å². The van der Waals surface area contributed by atoms with Crippen LogP contribution < -0.4 is 20.1 Å². The van der Waals surface area contributed by atoms with E-state index in [2.05, 4.69) is 10.6 Å². The van der Waals surface area contributed by atoms with Crippen LogP contribution in [0.2, 0.25) is 0 Å². The molecule has 1 aliphatic rings. The molecule has 3 rings (SSSR count). The van der Waals surface area contributed by atoms with E-state index >= 15 is 0 Å². The van der Waals surface area contributed by atoms with Gasteiger partial charge in [-0.05, 0) is 37.1 Å². The number of hydrogen-bond donors (Lipinski definition) is 2. The van der Waals surface area contributed by atoms with Crippen molar-refractivity contribution in [3.05, 3.63) is 48.5 Å². The average molecular weight is 356 g/mol. The smallest absolute Gasteiger partial charge is 0.243 e. The highest BCUT2D eigenvalue weighted by Gasteiger charge is 2.16. The van der Waals surface area contributed by atoms with Crippen molar-refractivity contribution < 1.29 is 19.0 Å². The zero-order chi connectivity index (χ0) is 18.2. The highest BCUT2D eigenvalue weighted by molar-refractivity contribution is 5.93. The number of methoxy groups -OCH3 is 1. The number of anilines is 2. The van der Waals surface area contributed by atoms with Gasteiger partial charge in [0.1, 0.15) is 18.1 Å². The van der Waals surface area contributed by atoms with Crippen LogP contribution in [0.15, 0.2) is 48.5 Å². The summed E-state index contributed by atoms with van der Waals surface area (Å²) in [6.45, 7) is 1.51. The molecule has 1 fully saturated rings. The standard InChI is InChI=1S/C20H24N2O4/c1-24-17-7-2-5-15(11-17)21-13-20(23)22-16-6-3-8-18(12-16)26-14-19-9-4-10-25-19/h2-3,5-8,11-12,19,21H,4,9-10,13-14H2,1H3,(H,22,23). The van der Waals surface area contributed by atoms with E-state index < -0.39 is 0 Å². The normalized spacial score (nSPS) is 16.1. The summed E-state index contributed by atoms with van der Waals surface area (Å²) >= 11 is 0. The van der Waals surface area contributed by atoms with E-state index in [0.717, 1.165) is 36.6 Å². The van der Waals surface area contributed by atoms with Gasteiger partial charge in [0.25, 0.3) is 0 Å². The molecule has 0 aliphatic carbocycles. The predicted octanol–water partition coefficient (Wildman–Crippen LogP) is 3.30. The van der Waals surface area contributed by atoms with Crippen LogP contribution in [0.4, 0.5) is 11.4 Å². The van der Waals surface area contributed by atoms with Crippen LogP contribution in [0.5, 0.6) is 11.5 Å². The molecule has 0 aromatic heterocycles. The molecule has 1 heterocycles. The van der Waals surface area contributed by atoms with Gasteiger partial charge in [0, 0.05) is 30.1 Å². The molecule has 0 spiro atoms. The van der Waals surface area contributed by atoms with Crippen molar-refractivity contribution in [1.82, 2.24) is 0 Å². The molecule has 1 aliphatic heterocycles. The third-order valence-corrected chi connectivity index (χ3v) is 4.10. The van der Waals surface area contributed by atoms with Crippen LogP contribution in [0.1, 0.15) is 12.8 Å². The minimum atomic E-state index is -0.135. The number of amides is 1. The van der Waals surface area contributed by atoms with Crippen molar-refractivity contribution in [2.45, 2.75) is 18.9 Å². The Kier molecular flexibility index (Phi) is 6.33. The van der Waals surface area contributed by atoms with Gasteiger partial charge >= 0.3 is 0 Å². The molecule has 1 saturated heterocycles. The Labute approximate surface area is 153 Å². The lowest BCUT2D eigenvalue weighted by Crippen LogP contribution is -2.21. The summed E-state index contributed by atoms with van der Waals surface area (Å²) in [5.41, 5.74) is 1.53. The monoisotopic (exact) mass is 356 g/mol. The SMILES string of the molecule is COc1cccc(NCC(=O)Nc2cccc(OCC3CCCO3)c2)c1.